The molecule has 0 bridgehead atoms. The summed E-state index contributed by atoms with van der Waals surface area (Å²) in [6, 6.07) is 5.14. The van der Waals surface area contributed by atoms with Crippen molar-refractivity contribution in [2.75, 3.05) is 5.32 Å². The Balaban J connectivity index is 2.09. The van der Waals surface area contributed by atoms with Gasteiger partial charge < -0.3 is 5.32 Å². The highest BCUT2D eigenvalue weighted by Crippen LogP contribution is 2.20. The van der Waals surface area contributed by atoms with E-state index in [9.17, 15) is 4.39 Å². The number of rotatable bonds is 4. The van der Waals surface area contributed by atoms with Gasteiger partial charge in [-0.3, -0.25) is 0 Å². The minimum atomic E-state index is -0.292. The summed E-state index contributed by atoms with van der Waals surface area (Å²) in [4.78, 5) is 4.16. The number of anilines is 1. The minimum absolute atomic E-state index is 0.235. The maximum Gasteiger partial charge on any atom is 0.147 e. The first-order chi connectivity index (χ1) is 8.58. The second-order valence-electron chi connectivity index (χ2n) is 4.19. The molecular formula is C12H14BrFN4. The first-order valence-corrected chi connectivity index (χ1v) is 6.44. The van der Waals surface area contributed by atoms with Crippen LogP contribution in [0.5, 0.6) is 0 Å². The summed E-state index contributed by atoms with van der Waals surface area (Å²) < 4.78 is 16.1. The van der Waals surface area contributed by atoms with E-state index in [-0.39, 0.29) is 11.9 Å². The third-order valence-electron chi connectivity index (χ3n) is 2.50. The molecule has 0 spiro atoms. The number of nitrogens with one attached hydrogen (secondary N) is 1. The van der Waals surface area contributed by atoms with E-state index in [0.29, 0.717) is 12.2 Å². The lowest BCUT2D eigenvalue weighted by Crippen LogP contribution is -2.12. The van der Waals surface area contributed by atoms with Crippen LogP contribution in [0.4, 0.5) is 10.1 Å². The average Bonchev–Trinajstić information content (AvgIpc) is 2.76. The van der Waals surface area contributed by atoms with E-state index >= 15 is 0 Å². The van der Waals surface area contributed by atoms with Gasteiger partial charge >= 0.3 is 0 Å². The molecule has 6 heteroatoms. The predicted octanol–water partition coefficient (Wildman–Crippen LogP) is 3.37. The molecule has 1 aromatic heterocycles. The fraction of sp³-hybridized carbons (Fsp3) is 0.333. The molecule has 1 N–H and O–H groups in total. The Morgan fingerprint density at radius 2 is 2.22 bits per heavy atom. The second-order valence-corrected chi connectivity index (χ2v) is 5.11. The Kier molecular flexibility index (Phi) is 3.96. The molecule has 4 nitrogen and oxygen atoms in total. The van der Waals surface area contributed by atoms with Crippen molar-refractivity contribution in [3.8, 4) is 0 Å². The quantitative estimate of drug-likeness (QED) is 0.941. The molecule has 2 rings (SSSR count). The van der Waals surface area contributed by atoms with Crippen LogP contribution in [-0.4, -0.2) is 14.8 Å². The highest BCUT2D eigenvalue weighted by molar-refractivity contribution is 9.10. The van der Waals surface area contributed by atoms with Gasteiger partial charge in [0.15, 0.2) is 0 Å². The van der Waals surface area contributed by atoms with Gasteiger partial charge in [0.2, 0.25) is 0 Å². The zero-order valence-corrected chi connectivity index (χ0v) is 11.8. The first kappa shape index (κ1) is 13.0. The van der Waals surface area contributed by atoms with E-state index in [4.69, 9.17) is 0 Å². The molecule has 0 amide bonds. The van der Waals surface area contributed by atoms with Crippen molar-refractivity contribution in [1.82, 2.24) is 14.8 Å². The van der Waals surface area contributed by atoms with Crippen molar-refractivity contribution >= 4 is 21.6 Å². The second kappa shape index (κ2) is 5.48. The minimum Gasteiger partial charge on any atom is -0.375 e. The first-order valence-electron chi connectivity index (χ1n) is 5.65. The molecule has 0 fully saturated rings. The largest absolute Gasteiger partial charge is 0.375 e. The maximum atomic E-state index is 13.6. The van der Waals surface area contributed by atoms with Gasteiger partial charge in [-0.25, -0.2) is 14.1 Å². The van der Waals surface area contributed by atoms with Crippen molar-refractivity contribution < 1.29 is 4.39 Å². The third-order valence-corrected chi connectivity index (χ3v) is 3.00. The zero-order valence-electron chi connectivity index (χ0n) is 10.2. The van der Waals surface area contributed by atoms with E-state index in [0.717, 1.165) is 10.3 Å². The molecule has 0 aliphatic rings. The molecule has 0 atom stereocenters. The normalized spacial score (nSPS) is 10.9. The van der Waals surface area contributed by atoms with Crippen LogP contribution in [0, 0.1) is 5.82 Å². The lowest BCUT2D eigenvalue weighted by molar-refractivity contribution is 0.508. The van der Waals surface area contributed by atoms with Gasteiger partial charge in [-0.2, -0.15) is 5.10 Å². The summed E-state index contributed by atoms with van der Waals surface area (Å²) in [7, 11) is 0. The van der Waals surface area contributed by atoms with E-state index in [1.807, 2.05) is 18.5 Å². The molecule has 1 heterocycles. The number of hydrogen-bond acceptors (Lipinski definition) is 3. The SMILES string of the molecule is CC(C)n1ncnc1CNc1ccc(Br)cc1F. The number of benzene rings is 1. The van der Waals surface area contributed by atoms with Crippen LogP contribution in [0.1, 0.15) is 25.7 Å². The van der Waals surface area contributed by atoms with Crippen LogP contribution < -0.4 is 5.32 Å². The zero-order chi connectivity index (χ0) is 13.1. The summed E-state index contributed by atoms with van der Waals surface area (Å²) in [5.74, 6) is 0.493. The smallest absolute Gasteiger partial charge is 0.147 e. The van der Waals surface area contributed by atoms with Crippen molar-refractivity contribution in [1.29, 1.82) is 0 Å². The summed E-state index contributed by atoms with van der Waals surface area (Å²) in [5, 5.41) is 7.15. The summed E-state index contributed by atoms with van der Waals surface area (Å²) >= 11 is 3.22. The number of hydrogen-bond donors (Lipinski definition) is 1. The Labute approximate surface area is 113 Å². The van der Waals surface area contributed by atoms with Gasteiger partial charge in [0.25, 0.3) is 0 Å². The van der Waals surface area contributed by atoms with E-state index in [1.54, 1.807) is 12.1 Å². The Morgan fingerprint density at radius 1 is 1.44 bits per heavy atom. The maximum absolute atomic E-state index is 13.6. The van der Waals surface area contributed by atoms with Gasteiger partial charge in [-0.1, -0.05) is 15.9 Å². The third kappa shape index (κ3) is 2.87. The average molecular weight is 313 g/mol. The monoisotopic (exact) mass is 312 g/mol. The fourth-order valence-corrected chi connectivity index (χ4v) is 1.97. The van der Waals surface area contributed by atoms with Gasteiger partial charge in [-0.15, -0.1) is 0 Å². The molecule has 2 aromatic rings. The van der Waals surface area contributed by atoms with Crippen molar-refractivity contribution in [3.63, 3.8) is 0 Å². The van der Waals surface area contributed by atoms with Crippen LogP contribution in [0.2, 0.25) is 0 Å². The number of aromatic nitrogens is 3. The molecule has 0 unspecified atom stereocenters. The highest BCUT2D eigenvalue weighted by atomic mass is 79.9. The molecule has 96 valence electrons. The highest BCUT2D eigenvalue weighted by Gasteiger charge is 2.08. The fourth-order valence-electron chi connectivity index (χ4n) is 1.64. The number of nitrogens with zero attached hydrogens (tertiary/aromatic N) is 3. The predicted molar refractivity (Wildman–Crippen MR) is 71.8 cm³/mol. The summed E-state index contributed by atoms with van der Waals surface area (Å²) in [6.07, 6.45) is 1.51. The van der Waals surface area contributed by atoms with E-state index in [2.05, 4.69) is 31.3 Å². The van der Waals surface area contributed by atoms with Crippen molar-refractivity contribution in [2.24, 2.45) is 0 Å². The summed E-state index contributed by atoms with van der Waals surface area (Å²) in [6.45, 7) is 4.49. The van der Waals surface area contributed by atoms with E-state index in [1.165, 1.54) is 12.4 Å². The lowest BCUT2D eigenvalue weighted by atomic mass is 10.3. The molecule has 0 aliphatic heterocycles. The molecule has 1 aromatic carbocycles. The topological polar surface area (TPSA) is 42.7 Å². The van der Waals surface area contributed by atoms with E-state index < -0.39 is 0 Å². The Bertz CT molecular complexity index is 539. The summed E-state index contributed by atoms with van der Waals surface area (Å²) in [5.41, 5.74) is 0.455. The van der Waals surface area contributed by atoms with Crippen LogP contribution in [-0.2, 0) is 6.54 Å². The van der Waals surface area contributed by atoms with Crippen LogP contribution in [0.15, 0.2) is 29.0 Å². The molecule has 0 saturated heterocycles. The van der Waals surface area contributed by atoms with Gasteiger partial charge in [-0.05, 0) is 32.0 Å². The van der Waals surface area contributed by atoms with Gasteiger partial charge in [0, 0.05) is 10.5 Å². The lowest BCUT2D eigenvalue weighted by Gasteiger charge is -2.11. The molecule has 18 heavy (non-hydrogen) atoms. The Hall–Kier alpha value is -1.43. The molecule has 0 aliphatic carbocycles. The molecular weight excluding hydrogens is 299 g/mol. The van der Waals surface area contributed by atoms with Gasteiger partial charge in [0.1, 0.15) is 18.0 Å². The molecule has 0 saturated carbocycles. The van der Waals surface area contributed by atoms with Crippen molar-refractivity contribution in [2.45, 2.75) is 26.4 Å². The van der Waals surface area contributed by atoms with Crippen LogP contribution in [0.25, 0.3) is 0 Å². The van der Waals surface area contributed by atoms with Crippen LogP contribution in [0.3, 0.4) is 0 Å². The molecule has 0 radical (unpaired) electrons. The Morgan fingerprint density at radius 3 is 2.89 bits per heavy atom. The van der Waals surface area contributed by atoms with Gasteiger partial charge in [0.05, 0.1) is 12.2 Å². The van der Waals surface area contributed by atoms with Crippen LogP contribution >= 0.6 is 15.9 Å². The van der Waals surface area contributed by atoms with Crippen molar-refractivity contribution in [3.05, 3.63) is 40.6 Å². The number of halogens is 2. The standard InChI is InChI=1S/C12H14BrFN4/c1-8(2)18-12(16-7-17-18)6-15-11-4-3-9(13)5-10(11)14/h3-5,7-8,15H,6H2,1-2H3.